The van der Waals surface area contributed by atoms with Gasteiger partial charge in [-0.25, -0.2) is 13.2 Å². The van der Waals surface area contributed by atoms with Gasteiger partial charge in [-0.15, -0.1) is 0 Å². The molecule has 0 saturated heterocycles. The monoisotopic (exact) mass is 402 g/mol. The Kier molecular flexibility index (Phi) is 5.99. The smallest absolute Gasteiger partial charge is 0.340 e. The second-order valence-electron chi connectivity index (χ2n) is 6.71. The molecule has 1 aliphatic rings. The Balaban J connectivity index is 1.61. The minimum atomic E-state index is -3.55. The average Bonchev–Trinajstić information content (AvgIpc) is 2.65. The first-order valence-corrected chi connectivity index (χ1v) is 10.8. The predicted molar refractivity (Wildman–Crippen MR) is 105 cm³/mol. The Morgan fingerprint density at radius 2 is 1.82 bits per heavy atom. The molecule has 3 rings (SSSR count). The van der Waals surface area contributed by atoms with Crippen LogP contribution in [0.15, 0.2) is 48.5 Å². The Morgan fingerprint density at radius 1 is 1.11 bits per heavy atom. The molecule has 2 aromatic carbocycles. The zero-order chi connectivity index (χ0) is 20.1. The first-order chi connectivity index (χ1) is 13.3. The molecule has 28 heavy (non-hydrogen) atoms. The normalized spacial score (nSPS) is 16.0. The molecule has 8 heteroatoms. The molecule has 0 aromatic heterocycles. The average molecular weight is 402 g/mol. The van der Waals surface area contributed by atoms with Gasteiger partial charge in [-0.3, -0.25) is 9.52 Å². The Hall–Kier alpha value is -2.87. The molecule has 0 fully saturated rings. The summed E-state index contributed by atoms with van der Waals surface area (Å²) >= 11 is 0. The summed E-state index contributed by atoms with van der Waals surface area (Å²) in [5.41, 5.74) is 2.47. The molecule has 0 saturated carbocycles. The SMILES string of the molecule is CS(=O)(=O)Nc1ccccc1C(=O)OCC(=O)NC1CCCc2ccccc21. The van der Waals surface area contributed by atoms with E-state index in [1.165, 1.54) is 17.7 Å². The van der Waals surface area contributed by atoms with E-state index in [1.54, 1.807) is 12.1 Å². The molecule has 1 aliphatic carbocycles. The fourth-order valence-electron chi connectivity index (χ4n) is 3.30. The van der Waals surface area contributed by atoms with Crippen LogP contribution in [0, 0.1) is 0 Å². The number of hydrogen-bond donors (Lipinski definition) is 2. The van der Waals surface area contributed by atoms with E-state index in [0.717, 1.165) is 31.1 Å². The summed E-state index contributed by atoms with van der Waals surface area (Å²) in [7, 11) is -3.55. The summed E-state index contributed by atoms with van der Waals surface area (Å²) in [6, 6.07) is 13.9. The number of benzene rings is 2. The van der Waals surface area contributed by atoms with Gasteiger partial charge in [0.2, 0.25) is 10.0 Å². The maximum atomic E-state index is 12.3. The Morgan fingerprint density at radius 3 is 2.61 bits per heavy atom. The van der Waals surface area contributed by atoms with E-state index >= 15 is 0 Å². The van der Waals surface area contributed by atoms with Gasteiger partial charge in [0.1, 0.15) is 0 Å². The molecule has 1 amide bonds. The number of sulfonamides is 1. The molecule has 0 radical (unpaired) electrons. The molecule has 0 bridgehead atoms. The molecule has 0 aliphatic heterocycles. The zero-order valence-electron chi connectivity index (χ0n) is 15.5. The molecular formula is C20H22N2O5S. The van der Waals surface area contributed by atoms with Crippen molar-refractivity contribution in [2.45, 2.75) is 25.3 Å². The van der Waals surface area contributed by atoms with Crippen molar-refractivity contribution in [3.05, 3.63) is 65.2 Å². The highest BCUT2D eigenvalue weighted by molar-refractivity contribution is 7.92. The fraction of sp³-hybridized carbons (Fsp3) is 0.300. The number of hydrogen-bond acceptors (Lipinski definition) is 5. The fourth-order valence-corrected chi connectivity index (χ4v) is 3.88. The van der Waals surface area contributed by atoms with Crippen molar-refractivity contribution in [2.24, 2.45) is 0 Å². The summed E-state index contributed by atoms with van der Waals surface area (Å²) in [5, 5.41) is 2.91. The highest BCUT2D eigenvalue weighted by Gasteiger charge is 2.22. The lowest BCUT2D eigenvalue weighted by molar-refractivity contribution is -0.125. The number of amides is 1. The van der Waals surface area contributed by atoms with E-state index in [2.05, 4.69) is 16.1 Å². The van der Waals surface area contributed by atoms with E-state index in [0.29, 0.717) is 0 Å². The number of carbonyl (C=O) groups is 2. The van der Waals surface area contributed by atoms with Crippen LogP contribution in [0.25, 0.3) is 0 Å². The van der Waals surface area contributed by atoms with E-state index in [9.17, 15) is 18.0 Å². The second kappa shape index (κ2) is 8.43. The number of para-hydroxylation sites is 1. The topological polar surface area (TPSA) is 102 Å². The van der Waals surface area contributed by atoms with Crippen LogP contribution in [0.3, 0.4) is 0 Å². The Labute approximate surface area is 164 Å². The third-order valence-corrected chi connectivity index (χ3v) is 5.07. The van der Waals surface area contributed by atoms with Crippen molar-refractivity contribution < 1.29 is 22.7 Å². The molecule has 2 N–H and O–H groups in total. The van der Waals surface area contributed by atoms with E-state index < -0.39 is 28.5 Å². The maximum Gasteiger partial charge on any atom is 0.340 e. The predicted octanol–water partition coefficient (Wildman–Crippen LogP) is 2.41. The van der Waals surface area contributed by atoms with Gasteiger partial charge in [0.05, 0.1) is 23.5 Å². The molecular weight excluding hydrogens is 380 g/mol. The van der Waals surface area contributed by atoms with Crippen LogP contribution in [0.2, 0.25) is 0 Å². The third-order valence-electron chi connectivity index (χ3n) is 4.48. The number of aryl methyl sites for hydroxylation is 1. The van der Waals surface area contributed by atoms with Crippen LogP contribution in [-0.2, 0) is 26.0 Å². The number of fused-ring (bicyclic) bond motifs is 1. The lowest BCUT2D eigenvalue weighted by Gasteiger charge is -2.26. The number of carbonyl (C=O) groups excluding carboxylic acids is 2. The minimum Gasteiger partial charge on any atom is -0.452 e. The van der Waals surface area contributed by atoms with Crippen LogP contribution in [0.4, 0.5) is 5.69 Å². The molecule has 1 unspecified atom stereocenters. The van der Waals surface area contributed by atoms with Crippen molar-refractivity contribution in [2.75, 3.05) is 17.6 Å². The quantitative estimate of drug-likeness (QED) is 0.723. The van der Waals surface area contributed by atoms with Crippen LogP contribution in [0.1, 0.15) is 40.4 Å². The molecule has 1 atom stereocenters. The van der Waals surface area contributed by atoms with Crippen molar-refractivity contribution in [1.29, 1.82) is 0 Å². The number of rotatable bonds is 6. The van der Waals surface area contributed by atoms with Gasteiger partial charge in [-0.1, -0.05) is 36.4 Å². The third kappa shape index (κ3) is 5.10. The summed E-state index contributed by atoms with van der Waals surface area (Å²) in [4.78, 5) is 24.6. The molecule has 2 aromatic rings. The minimum absolute atomic E-state index is 0.0451. The van der Waals surface area contributed by atoms with Gasteiger partial charge < -0.3 is 10.1 Å². The van der Waals surface area contributed by atoms with Gasteiger partial charge in [0.15, 0.2) is 6.61 Å². The highest BCUT2D eigenvalue weighted by atomic mass is 32.2. The lowest BCUT2D eigenvalue weighted by Crippen LogP contribution is -2.34. The van der Waals surface area contributed by atoms with E-state index in [1.807, 2.05) is 18.2 Å². The van der Waals surface area contributed by atoms with Gasteiger partial charge in [0, 0.05) is 0 Å². The zero-order valence-corrected chi connectivity index (χ0v) is 16.3. The van der Waals surface area contributed by atoms with Crippen LogP contribution in [-0.4, -0.2) is 33.2 Å². The molecule has 7 nitrogen and oxygen atoms in total. The van der Waals surface area contributed by atoms with E-state index in [4.69, 9.17) is 4.74 Å². The van der Waals surface area contributed by atoms with Gasteiger partial charge >= 0.3 is 5.97 Å². The Bertz CT molecular complexity index is 988. The largest absolute Gasteiger partial charge is 0.452 e. The van der Waals surface area contributed by atoms with Gasteiger partial charge in [0.25, 0.3) is 5.91 Å². The van der Waals surface area contributed by atoms with Crippen molar-refractivity contribution in [3.63, 3.8) is 0 Å². The first-order valence-electron chi connectivity index (χ1n) is 8.94. The van der Waals surface area contributed by atoms with Crippen molar-refractivity contribution >= 4 is 27.6 Å². The number of esters is 1. The summed E-state index contributed by atoms with van der Waals surface area (Å²) in [6.45, 7) is -0.440. The number of ether oxygens (including phenoxy) is 1. The lowest BCUT2D eigenvalue weighted by atomic mass is 9.88. The van der Waals surface area contributed by atoms with Crippen molar-refractivity contribution in [3.8, 4) is 0 Å². The van der Waals surface area contributed by atoms with Gasteiger partial charge in [-0.05, 0) is 42.5 Å². The molecule has 0 spiro atoms. The van der Waals surface area contributed by atoms with Crippen LogP contribution in [0.5, 0.6) is 0 Å². The second-order valence-corrected chi connectivity index (χ2v) is 8.46. The summed E-state index contributed by atoms with van der Waals surface area (Å²) in [5.74, 6) is -1.17. The van der Waals surface area contributed by atoms with E-state index in [-0.39, 0.29) is 17.3 Å². The summed E-state index contributed by atoms with van der Waals surface area (Å²) < 4.78 is 30.2. The van der Waals surface area contributed by atoms with Crippen LogP contribution >= 0.6 is 0 Å². The molecule has 148 valence electrons. The van der Waals surface area contributed by atoms with Crippen LogP contribution < -0.4 is 10.0 Å². The number of nitrogens with one attached hydrogen (secondary N) is 2. The summed E-state index contributed by atoms with van der Waals surface area (Å²) in [6.07, 6.45) is 3.79. The van der Waals surface area contributed by atoms with Crippen molar-refractivity contribution in [1.82, 2.24) is 5.32 Å². The van der Waals surface area contributed by atoms with Gasteiger partial charge in [-0.2, -0.15) is 0 Å². The standard InChI is InChI=1S/C20H22N2O5S/c1-28(25,26)22-18-11-5-4-10-16(18)20(24)27-13-19(23)21-17-12-6-8-14-7-2-3-9-15(14)17/h2-5,7,9-11,17,22H,6,8,12-13H2,1H3,(H,21,23). The highest BCUT2D eigenvalue weighted by Crippen LogP contribution is 2.29. The maximum absolute atomic E-state index is 12.3. The molecule has 0 heterocycles. The number of anilines is 1. The first kappa shape index (κ1) is 19.9.